The molecule has 4 heterocycles. The van der Waals surface area contributed by atoms with Crippen LogP contribution in [0.1, 0.15) is 68.4 Å². The van der Waals surface area contributed by atoms with Gasteiger partial charge >= 0.3 is 6.09 Å². The summed E-state index contributed by atoms with van der Waals surface area (Å²) in [4.78, 5) is 55.8. The van der Waals surface area contributed by atoms with Crippen LogP contribution >= 0.6 is 0 Å². The molecule has 0 bridgehead atoms. The molecule has 4 amide bonds. The molecule has 1 aromatic heterocycles. The predicted octanol–water partition coefficient (Wildman–Crippen LogP) is 2.50. The van der Waals surface area contributed by atoms with Gasteiger partial charge in [0.05, 0.1) is 17.1 Å². The van der Waals surface area contributed by atoms with Crippen molar-refractivity contribution in [3.63, 3.8) is 0 Å². The molecule has 0 radical (unpaired) electrons. The van der Waals surface area contributed by atoms with E-state index in [9.17, 15) is 19.2 Å². The van der Waals surface area contributed by atoms with Crippen molar-refractivity contribution in [2.75, 3.05) is 45.8 Å². The molecule has 3 aliphatic rings. The third kappa shape index (κ3) is 6.14. The molecule has 1 atom stereocenters. The van der Waals surface area contributed by atoms with Crippen LogP contribution in [0.15, 0.2) is 18.2 Å². The van der Waals surface area contributed by atoms with Crippen molar-refractivity contribution >= 4 is 34.7 Å². The number of ether oxygens (including phenoxy) is 1. The maximum Gasteiger partial charge on any atom is 0.410 e. The van der Waals surface area contributed by atoms with Gasteiger partial charge in [-0.1, -0.05) is 6.07 Å². The third-order valence-corrected chi connectivity index (χ3v) is 8.14. The summed E-state index contributed by atoms with van der Waals surface area (Å²) in [5.41, 5.74) is 1.57. The van der Waals surface area contributed by atoms with Crippen molar-refractivity contribution in [2.45, 2.75) is 58.0 Å². The van der Waals surface area contributed by atoms with Crippen LogP contribution in [0.3, 0.4) is 0 Å². The van der Waals surface area contributed by atoms with E-state index in [2.05, 4.69) is 15.3 Å². The standard InChI is InChI=1S/C29H40N6O5/c1-29(2,3)40-28(39)35-15-13-33(14-16-35)18-19-9-11-34(12-10-19)27(38)20-5-6-21-23(17-20)32(4)31-25(21)22-7-8-24(36)30-26(22)37/h5-6,17,19,22H,7-16,18H2,1-4H3,(H,30,36,37). The van der Waals surface area contributed by atoms with E-state index in [1.165, 1.54) is 0 Å². The van der Waals surface area contributed by atoms with E-state index in [0.29, 0.717) is 56.2 Å². The number of nitrogens with one attached hydrogen (secondary N) is 1. The molecule has 2 aromatic rings. The number of fused-ring (bicyclic) bond motifs is 1. The van der Waals surface area contributed by atoms with Crippen LogP contribution in [0.5, 0.6) is 0 Å². The number of piperazine rings is 1. The zero-order chi connectivity index (χ0) is 28.6. The first-order valence-electron chi connectivity index (χ1n) is 14.3. The van der Waals surface area contributed by atoms with Crippen LogP contribution in [-0.2, 0) is 21.4 Å². The van der Waals surface area contributed by atoms with E-state index in [-0.39, 0.29) is 23.8 Å². The first-order valence-corrected chi connectivity index (χ1v) is 14.3. The lowest BCUT2D eigenvalue weighted by molar-refractivity contribution is -0.134. The highest BCUT2D eigenvalue weighted by molar-refractivity contribution is 6.03. The van der Waals surface area contributed by atoms with Crippen molar-refractivity contribution in [3.8, 4) is 0 Å². The minimum absolute atomic E-state index is 0.00933. The van der Waals surface area contributed by atoms with E-state index in [1.807, 2.05) is 50.9 Å². The van der Waals surface area contributed by atoms with E-state index in [0.717, 1.165) is 43.4 Å². The smallest absolute Gasteiger partial charge is 0.410 e. The van der Waals surface area contributed by atoms with Crippen LogP contribution in [0, 0.1) is 5.92 Å². The highest BCUT2D eigenvalue weighted by Crippen LogP contribution is 2.31. The fourth-order valence-corrected chi connectivity index (χ4v) is 5.94. The number of hydrogen-bond donors (Lipinski definition) is 1. The molecule has 1 aromatic carbocycles. The summed E-state index contributed by atoms with van der Waals surface area (Å²) in [6, 6.07) is 5.55. The minimum Gasteiger partial charge on any atom is -0.444 e. The molecule has 0 saturated carbocycles. The SMILES string of the molecule is Cn1nc(C2CCC(=O)NC2=O)c2ccc(C(=O)N3CCC(CN4CCN(C(=O)OC(C)(C)C)CC4)CC3)cc21. The van der Waals surface area contributed by atoms with E-state index >= 15 is 0 Å². The Labute approximate surface area is 234 Å². The molecule has 0 aliphatic carbocycles. The van der Waals surface area contributed by atoms with E-state index in [1.54, 1.807) is 9.58 Å². The molecule has 3 saturated heterocycles. The number of aromatic nitrogens is 2. The Kier molecular flexibility index (Phi) is 7.85. The number of likely N-dealkylation sites (tertiary alicyclic amines) is 1. The second kappa shape index (κ2) is 11.2. The maximum atomic E-state index is 13.4. The average molecular weight is 553 g/mol. The number of aryl methyl sites for hydroxylation is 1. The van der Waals surface area contributed by atoms with Gasteiger partial charge in [-0.25, -0.2) is 4.79 Å². The van der Waals surface area contributed by atoms with Gasteiger partial charge in [-0.15, -0.1) is 0 Å². The van der Waals surface area contributed by atoms with Crippen LogP contribution in [0.25, 0.3) is 10.9 Å². The summed E-state index contributed by atoms with van der Waals surface area (Å²) >= 11 is 0. The van der Waals surface area contributed by atoms with Crippen LogP contribution in [-0.4, -0.2) is 99.7 Å². The molecular formula is C29H40N6O5. The molecule has 1 N–H and O–H groups in total. The Bertz CT molecular complexity index is 1300. The molecule has 0 spiro atoms. The molecule has 11 nitrogen and oxygen atoms in total. The lowest BCUT2D eigenvalue weighted by Crippen LogP contribution is -2.51. The van der Waals surface area contributed by atoms with Gasteiger partial charge in [0.2, 0.25) is 11.8 Å². The quantitative estimate of drug-likeness (QED) is 0.579. The Balaban J connectivity index is 1.14. The Morgan fingerprint density at radius 3 is 2.35 bits per heavy atom. The van der Waals surface area contributed by atoms with Crippen molar-refractivity contribution in [1.29, 1.82) is 0 Å². The number of piperidine rings is 2. The van der Waals surface area contributed by atoms with Crippen molar-refractivity contribution in [2.24, 2.45) is 13.0 Å². The van der Waals surface area contributed by atoms with E-state index in [4.69, 9.17) is 4.74 Å². The number of nitrogens with zero attached hydrogens (tertiary/aromatic N) is 5. The van der Waals surface area contributed by atoms with Crippen LogP contribution in [0.2, 0.25) is 0 Å². The first kappa shape index (κ1) is 28.1. The molecule has 3 aliphatic heterocycles. The van der Waals surface area contributed by atoms with Gasteiger partial charge in [-0.05, 0) is 58.1 Å². The van der Waals surface area contributed by atoms with Gasteiger partial charge in [0.15, 0.2) is 0 Å². The van der Waals surface area contributed by atoms with Gasteiger partial charge in [0, 0.05) is 70.2 Å². The lowest BCUT2D eigenvalue weighted by Gasteiger charge is -2.39. The number of hydrogen-bond acceptors (Lipinski definition) is 7. The summed E-state index contributed by atoms with van der Waals surface area (Å²) in [7, 11) is 1.81. The number of carbonyl (C=O) groups excluding carboxylic acids is 4. The van der Waals surface area contributed by atoms with Gasteiger partial charge in [0.25, 0.3) is 5.91 Å². The number of benzene rings is 1. The van der Waals surface area contributed by atoms with Gasteiger partial charge in [-0.3, -0.25) is 29.3 Å². The van der Waals surface area contributed by atoms with Gasteiger partial charge in [0.1, 0.15) is 5.60 Å². The zero-order valence-electron chi connectivity index (χ0n) is 23.9. The fraction of sp³-hybridized carbons (Fsp3) is 0.621. The predicted molar refractivity (Wildman–Crippen MR) is 149 cm³/mol. The molecule has 1 unspecified atom stereocenters. The highest BCUT2D eigenvalue weighted by Gasteiger charge is 2.33. The summed E-state index contributed by atoms with van der Waals surface area (Å²) in [5, 5.41) is 7.82. The Morgan fingerprint density at radius 2 is 1.70 bits per heavy atom. The van der Waals surface area contributed by atoms with Crippen LogP contribution < -0.4 is 5.32 Å². The van der Waals surface area contributed by atoms with Crippen molar-refractivity contribution < 1.29 is 23.9 Å². The number of amides is 4. The molecule has 216 valence electrons. The largest absolute Gasteiger partial charge is 0.444 e. The summed E-state index contributed by atoms with van der Waals surface area (Å²) in [5.74, 6) is -0.506. The zero-order valence-corrected chi connectivity index (χ0v) is 23.9. The third-order valence-electron chi connectivity index (χ3n) is 8.14. The van der Waals surface area contributed by atoms with Gasteiger partial charge in [-0.2, -0.15) is 5.10 Å². The number of carbonyl (C=O) groups is 4. The molecule has 40 heavy (non-hydrogen) atoms. The first-order chi connectivity index (χ1) is 19.0. The Morgan fingerprint density at radius 1 is 1.00 bits per heavy atom. The van der Waals surface area contributed by atoms with E-state index < -0.39 is 11.5 Å². The van der Waals surface area contributed by atoms with Crippen LogP contribution in [0.4, 0.5) is 4.79 Å². The summed E-state index contributed by atoms with van der Waals surface area (Å²) < 4.78 is 7.21. The second-order valence-electron chi connectivity index (χ2n) is 12.2. The molecule has 11 heteroatoms. The van der Waals surface area contributed by atoms with Crippen molar-refractivity contribution in [1.82, 2.24) is 29.8 Å². The minimum atomic E-state index is -0.484. The topological polar surface area (TPSA) is 117 Å². The lowest BCUT2D eigenvalue weighted by atomic mass is 9.92. The Hall–Kier alpha value is -3.47. The molecular weight excluding hydrogens is 512 g/mol. The fourth-order valence-electron chi connectivity index (χ4n) is 5.94. The summed E-state index contributed by atoms with van der Waals surface area (Å²) in [6.45, 7) is 11.1. The second-order valence-corrected chi connectivity index (χ2v) is 12.2. The molecule has 3 fully saturated rings. The average Bonchev–Trinajstić information content (AvgIpc) is 3.23. The van der Waals surface area contributed by atoms with Crippen molar-refractivity contribution in [3.05, 3.63) is 29.5 Å². The monoisotopic (exact) mass is 552 g/mol. The maximum absolute atomic E-state index is 13.4. The number of imide groups is 1. The molecule has 5 rings (SSSR count). The highest BCUT2D eigenvalue weighted by atomic mass is 16.6. The summed E-state index contributed by atoms with van der Waals surface area (Å²) in [6.07, 6.45) is 2.39. The normalized spacial score (nSPS) is 21.6. The van der Waals surface area contributed by atoms with Gasteiger partial charge < -0.3 is 14.5 Å². The number of rotatable bonds is 4.